The van der Waals surface area contributed by atoms with Crippen molar-refractivity contribution >= 4 is 17.2 Å². The lowest BCUT2D eigenvalue weighted by Gasteiger charge is -2.23. The lowest BCUT2D eigenvalue weighted by atomic mass is 10.1. The van der Waals surface area contributed by atoms with Gasteiger partial charge in [-0.05, 0) is 37.4 Å². The number of carbonyl (C=O) groups is 1. The molecule has 0 bridgehead atoms. The van der Waals surface area contributed by atoms with E-state index in [1.807, 2.05) is 35.7 Å². The van der Waals surface area contributed by atoms with Crippen molar-refractivity contribution in [2.24, 2.45) is 0 Å². The van der Waals surface area contributed by atoms with E-state index >= 15 is 0 Å². The summed E-state index contributed by atoms with van der Waals surface area (Å²) in [5.41, 5.74) is -1.07. The molecule has 0 aliphatic rings. The Labute approximate surface area is 128 Å². The average molecular weight is 305 g/mol. The summed E-state index contributed by atoms with van der Waals surface area (Å²) >= 11 is 1.46. The summed E-state index contributed by atoms with van der Waals surface area (Å²) in [7, 11) is 0. The molecule has 2 rings (SSSR count). The maximum absolute atomic E-state index is 12.0. The van der Waals surface area contributed by atoms with Gasteiger partial charge in [0.05, 0.1) is 6.54 Å². The van der Waals surface area contributed by atoms with Gasteiger partial charge in [0.2, 0.25) is 0 Å². The van der Waals surface area contributed by atoms with E-state index in [4.69, 9.17) is 4.74 Å². The molecule has 4 nitrogen and oxygen atoms in total. The van der Waals surface area contributed by atoms with Crippen LogP contribution in [-0.4, -0.2) is 23.7 Å². The molecule has 0 fully saturated rings. The number of thiophene rings is 1. The molecule has 2 aromatic rings. The van der Waals surface area contributed by atoms with Crippen LogP contribution in [0.15, 0.2) is 47.8 Å². The van der Waals surface area contributed by atoms with E-state index in [0.717, 1.165) is 4.88 Å². The highest BCUT2D eigenvalue weighted by Gasteiger charge is 2.26. The molecule has 1 heterocycles. The predicted octanol–water partition coefficient (Wildman–Crippen LogP) is 2.54. The topological polar surface area (TPSA) is 58.6 Å². The minimum absolute atomic E-state index is 0.148. The molecule has 0 saturated carbocycles. The first kappa shape index (κ1) is 15.5. The van der Waals surface area contributed by atoms with Crippen LogP contribution >= 0.6 is 11.3 Å². The number of rotatable bonds is 6. The molecule has 5 heteroatoms. The minimum Gasteiger partial charge on any atom is -0.481 e. The van der Waals surface area contributed by atoms with Gasteiger partial charge in [-0.1, -0.05) is 24.3 Å². The monoisotopic (exact) mass is 305 g/mol. The molecular formula is C16H19NO3S. The Morgan fingerprint density at radius 1 is 1.33 bits per heavy atom. The van der Waals surface area contributed by atoms with E-state index in [1.165, 1.54) is 11.3 Å². The van der Waals surface area contributed by atoms with Crippen molar-refractivity contribution in [1.29, 1.82) is 0 Å². The summed E-state index contributed by atoms with van der Waals surface area (Å²) in [4.78, 5) is 12.8. The molecule has 0 spiro atoms. The summed E-state index contributed by atoms with van der Waals surface area (Å²) in [6.07, 6.45) is -0.619. The van der Waals surface area contributed by atoms with Crippen LogP contribution in [0.2, 0.25) is 0 Å². The molecule has 1 aromatic heterocycles. The van der Waals surface area contributed by atoms with Crippen LogP contribution in [0.5, 0.6) is 5.75 Å². The zero-order chi connectivity index (χ0) is 15.3. The molecule has 0 aliphatic carbocycles. The van der Waals surface area contributed by atoms with Crippen LogP contribution < -0.4 is 10.1 Å². The summed E-state index contributed by atoms with van der Waals surface area (Å²) in [6, 6.07) is 12.9. The quantitative estimate of drug-likeness (QED) is 0.862. The maximum atomic E-state index is 12.0. The van der Waals surface area contributed by atoms with Gasteiger partial charge in [-0.3, -0.25) is 4.79 Å². The summed E-state index contributed by atoms with van der Waals surface area (Å²) in [5.74, 6) is 0.390. The Kier molecular flexibility index (Phi) is 4.98. The summed E-state index contributed by atoms with van der Waals surface area (Å²) < 4.78 is 5.54. The second-order valence-electron chi connectivity index (χ2n) is 5.04. The van der Waals surface area contributed by atoms with E-state index in [9.17, 15) is 9.90 Å². The number of aliphatic hydroxyl groups is 1. The summed E-state index contributed by atoms with van der Waals surface area (Å²) in [6.45, 7) is 3.51. The molecule has 2 unspecified atom stereocenters. The number of amides is 1. The lowest BCUT2D eigenvalue weighted by Crippen LogP contribution is -2.43. The first-order chi connectivity index (χ1) is 9.99. The van der Waals surface area contributed by atoms with Crippen LogP contribution in [0.3, 0.4) is 0 Å². The number of para-hydroxylation sites is 1. The average Bonchev–Trinajstić information content (AvgIpc) is 3.01. The number of nitrogens with one attached hydrogen (secondary N) is 1. The number of hydrogen-bond acceptors (Lipinski definition) is 4. The van der Waals surface area contributed by atoms with Gasteiger partial charge < -0.3 is 15.2 Å². The zero-order valence-electron chi connectivity index (χ0n) is 12.1. The Hall–Kier alpha value is -1.85. The molecule has 2 atom stereocenters. The fourth-order valence-electron chi connectivity index (χ4n) is 1.83. The van der Waals surface area contributed by atoms with Crippen molar-refractivity contribution in [2.45, 2.75) is 25.6 Å². The summed E-state index contributed by atoms with van der Waals surface area (Å²) in [5, 5.41) is 15.0. The molecule has 112 valence electrons. The van der Waals surface area contributed by atoms with Gasteiger partial charge >= 0.3 is 0 Å². The molecule has 21 heavy (non-hydrogen) atoms. The van der Waals surface area contributed by atoms with E-state index in [-0.39, 0.29) is 12.5 Å². The van der Waals surface area contributed by atoms with Crippen LogP contribution in [0.4, 0.5) is 0 Å². The Bertz CT molecular complexity index is 566. The van der Waals surface area contributed by atoms with Crippen molar-refractivity contribution in [2.75, 3.05) is 6.54 Å². The van der Waals surface area contributed by atoms with Crippen molar-refractivity contribution in [3.63, 3.8) is 0 Å². The van der Waals surface area contributed by atoms with Gasteiger partial charge in [-0.25, -0.2) is 0 Å². The Morgan fingerprint density at radius 2 is 2.05 bits per heavy atom. The van der Waals surface area contributed by atoms with Crippen LogP contribution in [0, 0.1) is 0 Å². The smallest absolute Gasteiger partial charge is 0.260 e. The largest absolute Gasteiger partial charge is 0.481 e. The van der Waals surface area contributed by atoms with Crippen LogP contribution in [0.1, 0.15) is 18.7 Å². The van der Waals surface area contributed by atoms with Gasteiger partial charge in [0.1, 0.15) is 11.4 Å². The highest BCUT2D eigenvalue weighted by Crippen LogP contribution is 2.24. The van der Waals surface area contributed by atoms with Crippen molar-refractivity contribution < 1.29 is 14.6 Å². The first-order valence-corrected chi connectivity index (χ1v) is 7.63. The van der Waals surface area contributed by atoms with E-state index in [0.29, 0.717) is 5.75 Å². The normalized spacial score (nSPS) is 15.0. The van der Waals surface area contributed by atoms with Crippen molar-refractivity contribution in [3.8, 4) is 5.75 Å². The number of ether oxygens (including phenoxy) is 1. The molecule has 1 amide bonds. The van der Waals surface area contributed by atoms with Crippen LogP contribution in [0.25, 0.3) is 0 Å². The van der Waals surface area contributed by atoms with E-state index in [1.54, 1.807) is 26.0 Å². The second-order valence-corrected chi connectivity index (χ2v) is 5.99. The standard InChI is InChI=1S/C16H19NO3S/c1-12(20-13-7-4-3-5-8-13)15(18)17-11-16(2,19)14-9-6-10-21-14/h3-10,12,19H,11H2,1-2H3,(H,17,18). The van der Waals surface area contributed by atoms with Crippen molar-refractivity contribution in [1.82, 2.24) is 5.32 Å². The molecule has 0 radical (unpaired) electrons. The maximum Gasteiger partial charge on any atom is 0.260 e. The lowest BCUT2D eigenvalue weighted by molar-refractivity contribution is -0.128. The highest BCUT2D eigenvalue weighted by molar-refractivity contribution is 7.10. The van der Waals surface area contributed by atoms with Gasteiger partial charge in [-0.2, -0.15) is 0 Å². The number of hydrogen-bond donors (Lipinski definition) is 2. The third-order valence-corrected chi connectivity index (χ3v) is 4.21. The third kappa shape index (κ3) is 4.31. The second kappa shape index (κ2) is 6.74. The molecular weight excluding hydrogens is 286 g/mol. The van der Waals surface area contributed by atoms with E-state index in [2.05, 4.69) is 5.32 Å². The highest BCUT2D eigenvalue weighted by atomic mass is 32.1. The minimum atomic E-state index is -1.07. The number of carbonyl (C=O) groups excluding carboxylic acids is 1. The zero-order valence-corrected chi connectivity index (χ0v) is 12.9. The van der Waals surface area contributed by atoms with Crippen molar-refractivity contribution in [3.05, 3.63) is 52.7 Å². The van der Waals surface area contributed by atoms with Gasteiger partial charge in [0.15, 0.2) is 6.10 Å². The molecule has 1 aromatic carbocycles. The van der Waals surface area contributed by atoms with Gasteiger partial charge in [-0.15, -0.1) is 11.3 Å². The first-order valence-electron chi connectivity index (χ1n) is 6.75. The molecule has 0 saturated heterocycles. The molecule has 2 N–H and O–H groups in total. The fraction of sp³-hybridized carbons (Fsp3) is 0.312. The third-order valence-electron chi connectivity index (χ3n) is 3.08. The Balaban J connectivity index is 1.87. The molecule has 0 aliphatic heterocycles. The van der Waals surface area contributed by atoms with Crippen LogP contribution in [-0.2, 0) is 10.4 Å². The van der Waals surface area contributed by atoms with Gasteiger partial charge in [0, 0.05) is 4.88 Å². The Morgan fingerprint density at radius 3 is 2.67 bits per heavy atom. The predicted molar refractivity (Wildman–Crippen MR) is 83.4 cm³/mol. The van der Waals surface area contributed by atoms with E-state index < -0.39 is 11.7 Å². The SMILES string of the molecule is CC(Oc1ccccc1)C(=O)NCC(C)(O)c1cccs1. The number of benzene rings is 1. The fourth-order valence-corrected chi connectivity index (χ4v) is 2.62. The van der Waals surface area contributed by atoms with Gasteiger partial charge in [0.25, 0.3) is 5.91 Å².